The summed E-state index contributed by atoms with van der Waals surface area (Å²) < 4.78 is 0. The van der Waals surface area contributed by atoms with E-state index in [1.807, 2.05) is 19.2 Å². The highest BCUT2D eigenvalue weighted by molar-refractivity contribution is 5.01. The van der Waals surface area contributed by atoms with Crippen molar-refractivity contribution in [1.82, 2.24) is 14.9 Å². The van der Waals surface area contributed by atoms with Crippen molar-refractivity contribution >= 4 is 0 Å². The van der Waals surface area contributed by atoms with Crippen LogP contribution in [0.3, 0.4) is 0 Å². The van der Waals surface area contributed by atoms with Crippen molar-refractivity contribution in [2.24, 2.45) is 5.73 Å². The van der Waals surface area contributed by atoms with Gasteiger partial charge in [0.1, 0.15) is 5.82 Å². The van der Waals surface area contributed by atoms with E-state index in [1.54, 1.807) is 0 Å². The predicted molar refractivity (Wildman–Crippen MR) is 68.5 cm³/mol. The fourth-order valence-corrected chi connectivity index (χ4v) is 2.52. The first-order chi connectivity index (χ1) is 8.15. The van der Waals surface area contributed by atoms with E-state index >= 15 is 0 Å². The third-order valence-electron chi connectivity index (χ3n) is 3.61. The maximum atomic E-state index is 5.93. The molecule has 1 fully saturated rings. The van der Waals surface area contributed by atoms with E-state index < -0.39 is 0 Å². The third kappa shape index (κ3) is 3.48. The zero-order valence-electron chi connectivity index (χ0n) is 10.8. The number of rotatable bonds is 3. The average molecular weight is 234 g/mol. The van der Waals surface area contributed by atoms with Gasteiger partial charge in [-0.15, -0.1) is 0 Å². The van der Waals surface area contributed by atoms with Crippen LogP contribution < -0.4 is 5.73 Å². The van der Waals surface area contributed by atoms with Crippen LogP contribution in [0.2, 0.25) is 0 Å². The van der Waals surface area contributed by atoms with Crippen LogP contribution in [-0.2, 0) is 6.54 Å². The number of nitrogens with two attached hydrogens (primary N) is 1. The van der Waals surface area contributed by atoms with Gasteiger partial charge >= 0.3 is 0 Å². The van der Waals surface area contributed by atoms with Crippen molar-refractivity contribution in [3.63, 3.8) is 0 Å². The Hall–Kier alpha value is -1.00. The van der Waals surface area contributed by atoms with Crippen molar-refractivity contribution in [2.75, 3.05) is 7.05 Å². The molecule has 0 aromatic carbocycles. The second-order valence-electron chi connectivity index (χ2n) is 5.08. The highest BCUT2D eigenvalue weighted by atomic mass is 15.1. The van der Waals surface area contributed by atoms with Crippen molar-refractivity contribution in [2.45, 2.75) is 51.2 Å². The lowest BCUT2D eigenvalue weighted by Crippen LogP contribution is -2.38. The summed E-state index contributed by atoms with van der Waals surface area (Å²) in [4.78, 5) is 11.0. The van der Waals surface area contributed by atoms with E-state index in [4.69, 9.17) is 5.73 Å². The lowest BCUT2D eigenvalue weighted by molar-refractivity contribution is 0.174. The quantitative estimate of drug-likeness (QED) is 0.861. The molecule has 94 valence electrons. The Morgan fingerprint density at radius 3 is 2.71 bits per heavy atom. The fourth-order valence-electron chi connectivity index (χ4n) is 2.52. The zero-order valence-corrected chi connectivity index (χ0v) is 10.8. The average Bonchev–Trinajstić information content (AvgIpc) is 2.29. The van der Waals surface area contributed by atoms with Crippen LogP contribution in [0.15, 0.2) is 12.3 Å². The number of hydrogen-bond donors (Lipinski definition) is 1. The van der Waals surface area contributed by atoms with Gasteiger partial charge in [-0.1, -0.05) is 0 Å². The topological polar surface area (TPSA) is 55.0 Å². The Kier molecular flexibility index (Phi) is 4.07. The first-order valence-electron chi connectivity index (χ1n) is 6.39. The van der Waals surface area contributed by atoms with Gasteiger partial charge in [0.2, 0.25) is 0 Å². The molecule has 0 bridgehead atoms. The molecule has 0 spiro atoms. The minimum atomic E-state index is 0.418. The molecule has 2 N–H and O–H groups in total. The Morgan fingerprint density at radius 2 is 2.06 bits per heavy atom. The maximum absolute atomic E-state index is 5.93. The second-order valence-corrected chi connectivity index (χ2v) is 5.08. The van der Waals surface area contributed by atoms with Gasteiger partial charge in [0.15, 0.2) is 0 Å². The van der Waals surface area contributed by atoms with E-state index in [-0.39, 0.29) is 0 Å². The van der Waals surface area contributed by atoms with Crippen molar-refractivity contribution in [1.29, 1.82) is 0 Å². The molecule has 0 radical (unpaired) electrons. The normalized spacial score (nSPS) is 25.2. The summed E-state index contributed by atoms with van der Waals surface area (Å²) in [6, 6.07) is 3.07. The number of hydrogen-bond acceptors (Lipinski definition) is 4. The summed E-state index contributed by atoms with van der Waals surface area (Å²) in [5.74, 6) is 0.849. The molecule has 0 saturated heterocycles. The number of aromatic nitrogens is 2. The summed E-state index contributed by atoms with van der Waals surface area (Å²) in [5.41, 5.74) is 7.04. The maximum Gasteiger partial charge on any atom is 0.125 e. The zero-order chi connectivity index (χ0) is 12.3. The first-order valence-corrected chi connectivity index (χ1v) is 6.39. The largest absolute Gasteiger partial charge is 0.328 e. The summed E-state index contributed by atoms with van der Waals surface area (Å²) in [6.07, 6.45) is 6.56. The van der Waals surface area contributed by atoms with E-state index in [9.17, 15) is 0 Å². The minimum Gasteiger partial charge on any atom is -0.328 e. The van der Waals surface area contributed by atoms with E-state index in [0.29, 0.717) is 12.1 Å². The van der Waals surface area contributed by atoms with Crippen LogP contribution >= 0.6 is 0 Å². The molecular weight excluding hydrogens is 212 g/mol. The molecular formula is C13H22N4. The van der Waals surface area contributed by atoms with Crippen molar-refractivity contribution in [3.05, 3.63) is 23.8 Å². The molecule has 1 saturated carbocycles. The van der Waals surface area contributed by atoms with Gasteiger partial charge in [-0.05, 0) is 45.7 Å². The molecule has 2 rings (SSSR count). The number of aryl methyl sites for hydroxylation is 1. The highest BCUT2D eigenvalue weighted by Crippen LogP contribution is 2.22. The standard InChI is InChI=1S/C13H22N4/c1-10-15-8-7-12(16-10)9-17(2)13-5-3-11(14)4-6-13/h7-8,11,13H,3-6,9,14H2,1-2H3. The van der Waals surface area contributed by atoms with E-state index in [1.165, 1.54) is 12.8 Å². The molecule has 1 aromatic rings. The van der Waals surface area contributed by atoms with Crippen LogP contribution in [0, 0.1) is 6.92 Å². The minimum absolute atomic E-state index is 0.418. The first kappa shape index (κ1) is 12.5. The Morgan fingerprint density at radius 1 is 1.35 bits per heavy atom. The monoisotopic (exact) mass is 234 g/mol. The van der Waals surface area contributed by atoms with Gasteiger partial charge in [-0.3, -0.25) is 4.90 Å². The van der Waals surface area contributed by atoms with Crippen LogP contribution in [0.1, 0.15) is 37.2 Å². The summed E-state index contributed by atoms with van der Waals surface area (Å²) in [7, 11) is 2.18. The third-order valence-corrected chi connectivity index (χ3v) is 3.61. The predicted octanol–water partition coefficient (Wildman–Crippen LogP) is 1.49. The second kappa shape index (κ2) is 5.56. The van der Waals surface area contributed by atoms with Crippen molar-refractivity contribution < 1.29 is 0 Å². The molecule has 4 nitrogen and oxygen atoms in total. The molecule has 1 aliphatic carbocycles. The number of nitrogens with zero attached hydrogens (tertiary/aromatic N) is 3. The summed E-state index contributed by atoms with van der Waals surface area (Å²) in [5, 5.41) is 0. The molecule has 1 aliphatic rings. The van der Waals surface area contributed by atoms with Gasteiger partial charge < -0.3 is 5.73 Å². The van der Waals surface area contributed by atoms with Gasteiger partial charge in [-0.25, -0.2) is 9.97 Å². The van der Waals surface area contributed by atoms with E-state index in [0.717, 1.165) is 30.9 Å². The van der Waals surface area contributed by atoms with Gasteiger partial charge in [0, 0.05) is 24.8 Å². The van der Waals surface area contributed by atoms with Gasteiger partial charge in [-0.2, -0.15) is 0 Å². The molecule has 0 aliphatic heterocycles. The Labute approximate surface area is 103 Å². The summed E-state index contributed by atoms with van der Waals surface area (Å²) >= 11 is 0. The van der Waals surface area contributed by atoms with E-state index in [2.05, 4.69) is 21.9 Å². The van der Waals surface area contributed by atoms with Crippen molar-refractivity contribution in [3.8, 4) is 0 Å². The van der Waals surface area contributed by atoms with Crippen LogP contribution in [-0.4, -0.2) is 34.0 Å². The Balaban J connectivity index is 1.90. The lowest BCUT2D eigenvalue weighted by atomic mass is 9.91. The SMILES string of the molecule is Cc1nccc(CN(C)C2CCC(N)CC2)n1. The Bertz CT molecular complexity index is 358. The van der Waals surface area contributed by atoms with Crippen LogP contribution in [0.5, 0.6) is 0 Å². The van der Waals surface area contributed by atoms with Gasteiger partial charge in [0.05, 0.1) is 5.69 Å². The smallest absolute Gasteiger partial charge is 0.125 e. The molecule has 0 amide bonds. The molecule has 17 heavy (non-hydrogen) atoms. The molecule has 1 aromatic heterocycles. The molecule has 4 heteroatoms. The van der Waals surface area contributed by atoms with Gasteiger partial charge in [0.25, 0.3) is 0 Å². The fraction of sp³-hybridized carbons (Fsp3) is 0.692. The molecule has 0 atom stereocenters. The molecule has 0 unspecified atom stereocenters. The van der Waals surface area contributed by atoms with Crippen LogP contribution in [0.25, 0.3) is 0 Å². The van der Waals surface area contributed by atoms with Crippen LogP contribution in [0.4, 0.5) is 0 Å². The highest BCUT2D eigenvalue weighted by Gasteiger charge is 2.22. The molecule has 1 heterocycles. The summed E-state index contributed by atoms with van der Waals surface area (Å²) in [6.45, 7) is 2.84. The lowest BCUT2D eigenvalue weighted by Gasteiger charge is -2.33.